The molecule has 3 rings (SSSR count). The Morgan fingerprint density at radius 2 is 1.76 bits per heavy atom. The minimum atomic E-state index is -0.534. The molecule has 2 aromatic rings. The quantitative estimate of drug-likeness (QED) is 0.485. The second-order valence-electron chi connectivity index (χ2n) is 4.98. The number of nitro groups is 1. The number of aryl methyl sites for hydroxylation is 2. The molecule has 1 aliphatic rings. The molecule has 2 aromatic carbocycles. The standard InChI is InChI=1S/C16H13NO3S/c18-10-13-9-15(6-7-16(13)17(19)20)21-14-5-4-11-2-1-3-12(11)8-14/h4-10H,1-3H2. The zero-order valence-corrected chi connectivity index (χ0v) is 12.1. The monoisotopic (exact) mass is 299 g/mol. The Kier molecular flexibility index (Phi) is 3.75. The minimum Gasteiger partial charge on any atom is -0.298 e. The fourth-order valence-corrected chi connectivity index (χ4v) is 3.54. The predicted molar refractivity (Wildman–Crippen MR) is 81.1 cm³/mol. The highest BCUT2D eigenvalue weighted by atomic mass is 32.2. The number of carbonyl (C=O) groups is 1. The van der Waals surface area contributed by atoms with Crippen LogP contribution in [0.5, 0.6) is 0 Å². The van der Waals surface area contributed by atoms with Crippen LogP contribution in [0.15, 0.2) is 46.2 Å². The van der Waals surface area contributed by atoms with E-state index in [1.54, 1.807) is 12.1 Å². The van der Waals surface area contributed by atoms with E-state index in [0.29, 0.717) is 6.29 Å². The average Bonchev–Trinajstić information content (AvgIpc) is 2.94. The van der Waals surface area contributed by atoms with E-state index < -0.39 is 4.92 Å². The van der Waals surface area contributed by atoms with Crippen molar-refractivity contribution in [1.82, 2.24) is 0 Å². The minimum absolute atomic E-state index is 0.117. The molecule has 0 heterocycles. The van der Waals surface area contributed by atoms with Gasteiger partial charge in [0.25, 0.3) is 5.69 Å². The summed E-state index contributed by atoms with van der Waals surface area (Å²) in [6.45, 7) is 0. The van der Waals surface area contributed by atoms with Gasteiger partial charge in [-0.15, -0.1) is 0 Å². The molecule has 4 nitrogen and oxygen atoms in total. The zero-order chi connectivity index (χ0) is 14.8. The van der Waals surface area contributed by atoms with Crippen LogP contribution in [0.2, 0.25) is 0 Å². The van der Waals surface area contributed by atoms with E-state index in [1.807, 2.05) is 0 Å². The predicted octanol–water partition coefficient (Wildman–Crippen LogP) is 4.05. The van der Waals surface area contributed by atoms with Gasteiger partial charge in [0.1, 0.15) is 0 Å². The van der Waals surface area contributed by atoms with E-state index in [0.717, 1.165) is 22.6 Å². The maximum Gasteiger partial charge on any atom is 0.279 e. The number of hydrogen-bond acceptors (Lipinski definition) is 4. The molecule has 21 heavy (non-hydrogen) atoms. The van der Waals surface area contributed by atoms with Crippen LogP contribution in [-0.2, 0) is 12.8 Å². The average molecular weight is 299 g/mol. The summed E-state index contributed by atoms with van der Waals surface area (Å²) >= 11 is 1.52. The van der Waals surface area contributed by atoms with Gasteiger partial charge in [-0.05, 0) is 54.7 Å². The van der Waals surface area contributed by atoms with Crippen LogP contribution in [0.25, 0.3) is 0 Å². The Hall–Kier alpha value is -2.14. The fourth-order valence-electron chi connectivity index (χ4n) is 2.60. The van der Waals surface area contributed by atoms with Crippen LogP contribution < -0.4 is 0 Å². The van der Waals surface area contributed by atoms with E-state index in [4.69, 9.17) is 0 Å². The lowest BCUT2D eigenvalue weighted by Crippen LogP contribution is -1.94. The van der Waals surface area contributed by atoms with E-state index in [-0.39, 0.29) is 11.3 Å². The molecule has 0 aliphatic heterocycles. The van der Waals surface area contributed by atoms with Gasteiger partial charge in [0, 0.05) is 15.9 Å². The number of rotatable bonds is 4. The molecule has 0 saturated heterocycles. The molecular weight excluding hydrogens is 286 g/mol. The Morgan fingerprint density at radius 1 is 1.05 bits per heavy atom. The van der Waals surface area contributed by atoms with Gasteiger partial charge in [-0.3, -0.25) is 14.9 Å². The number of nitro benzene ring substituents is 1. The zero-order valence-electron chi connectivity index (χ0n) is 11.2. The van der Waals surface area contributed by atoms with Crippen LogP contribution >= 0.6 is 11.8 Å². The second kappa shape index (κ2) is 5.69. The van der Waals surface area contributed by atoms with Crippen LogP contribution in [0.3, 0.4) is 0 Å². The van der Waals surface area contributed by atoms with Crippen molar-refractivity contribution in [3.8, 4) is 0 Å². The SMILES string of the molecule is O=Cc1cc(Sc2ccc3c(c2)CCC3)ccc1[N+](=O)[O-]. The molecule has 0 aromatic heterocycles. The van der Waals surface area contributed by atoms with Gasteiger partial charge in [-0.2, -0.15) is 0 Å². The Labute approximate surface area is 126 Å². The van der Waals surface area contributed by atoms with Crippen molar-refractivity contribution in [3.05, 3.63) is 63.2 Å². The Bertz CT molecular complexity index is 727. The Morgan fingerprint density at radius 3 is 2.52 bits per heavy atom. The molecule has 0 atom stereocenters. The summed E-state index contributed by atoms with van der Waals surface area (Å²) in [4.78, 5) is 23.2. The molecule has 1 aliphatic carbocycles. The van der Waals surface area contributed by atoms with Crippen molar-refractivity contribution in [2.24, 2.45) is 0 Å². The summed E-state index contributed by atoms with van der Waals surface area (Å²) < 4.78 is 0. The third-order valence-electron chi connectivity index (χ3n) is 3.63. The summed E-state index contributed by atoms with van der Waals surface area (Å²) in [6, 6.07) is 11.0. The van der Waals surface area contributed by atoms with Gasteiger partial charge in [0.15, 0.2) is 6.29 Å². The van der Waals surface area contributed by atoms with Gasteiger partial charge in [-0.1, -0.05) is 17.8 Å². The summed E-state index contributed by atoms with van der Waals surface area (Å²) in [5.41, 5.74) is 2.77. The highest BCUT2D eigenvalue weighted by Crippen LogP contribution is 2.33. The first-order valence-corrected chi connectivity index (χ1v) is 7.52. The number of hydrogen-bond donors (Lipinski definition) is 0. The van der Waals surface area contributed by atoms with Gasteiger partial charge in [0.05, 0.1) is 10.5 Å². The lowest BCUT2D eigenvalue weighted by molar-refractivity contribution is -0.385. The van der Waals surface area contributed by atoms with Gasteiger partial charge in [-0.25, -0.2) is 0 Å². The first kappa shape index (κ1) is 13.8. The number of fused-ring (bicyclic) bond motifs is 1. The van der Waals surface area contributed by atoms with Crippen molar-refractivity contribution < 1.29 is 9.72 Å². The van der Waals surface area contributed by atoms with E-state index in [1.165, 1.54) is 35.4 Å². The molecule has 0 unspecified atom stereocenters. The van der Waals surface area contributed by atoms with Crippen LogP contribution in [-0.4, -0.2) is 11.2 Å². The maximum absolute atomic E-state index is 11.0. The smallest absolute Gasteiger partial charge is 0.279 e. The van der Waals surface area contributed by atoms with Crippen molar-refractivity contribution >= 4 is 23.7 Å². The van der Waals surface area contributed by atoms with Crippen molar-refractivity contribution in [2.75, 3.05) is 0 Å². The number of nitrogens with zero attached hydrogens (tertiary/aromatic N) is 1. The lowest BCUT2D eigenvalue weighted by Gasteiger charge is -2.05. The number of aldehydes is 1. The molecule has 0 fully saturated rings. The normalized spacial score (nSPS) is 13.0. The highest BCUT2D eigenvalue weighted by Gasteiger charge is 2.15. The maximum atomic E-state index is 11.0. The third kappa shape index (κ3) is 2.83. The summed E-state index contributed by atoms with van der Waals surface area (Å²) in [5.74, 6) is 0. The largest absolute Gasteiger partial charge is 0.298 e. The van der Waals surface area contributed by atoms with E-state index in [9.17, 15) is 14.9 Å². The molecular formula is C16H13NO3S. The highest BCUT2D eigenvalue weighted by molar-refractivity contribution is 7.99. The van der Waals surface area contributed by atoms with Crippen LogP contribution in [0.1, 0.15) is 27.9 Å². The van der Waals surface area contributed by atoms with E-state index in [2.05, 4.69) is 18.2 Å². The van der Waals surface area contributed by atoms with Crippen molar-refractivity contribution in [3.63, 3.8) is 0 Å². The summed E-state index contributed by atoms with van der Waals surface area (Å²) in [6.07, 6.45) is 4.00. The van der Waals surface area contributed by atoms with Crippen LogP contribution in [0.4, 0.5) is 5.69 Å². The molecule has 0 saturated carbocycles. The molecule has 106 valence electrons. The topological polar surface area (TPSA) is 60.2 Å². The second-order valence-corrected chi connectivity index (χ2v) is 6.13. The molecule has 0 spiro atoms. The molecule has 0 bridgehead atoms. The Balaban J connectivity index is 1.88. The fraction of sp³-hybridized carbons (Fsp3) is 0.188. The molecule has 0 N–H and O–H groups in total. The summed E-state index contributed by atoms with van der Waals surface area (Å²) in [5, 5.41) is 10.8. The first-order valence-electron chi connectivity index (χ1n) is 6.70. The molecule has 5 heteroatoms. The van der Waals surface area contributed by atoms with Crippen LogP contribution in [0, 0.1) is 10.1 Å². The van der Waals surface area contributed by atoms with Gasteiger partial charge in [0.2, 0.25) is 0 Å². The third-order valence-corrected chi connectivity index (χ3v) is 4.61. The number of carbonyl (C=O) groups excluding carboxylic acids is 1. The van der Waals surface area contributed by atoms with E-state index >= 15 is 0 Å². The molecule has 0 radical (unpaired) electrons. The van der Waals surface area contributed by atoms with Gasteiger partial charge >= 0.3 is 0 Å². The van der Waals surface area contributed by atoms with Gasteiger partial charge < -0.3 is 0 Å². The summed E-state index contributed by atoms with van der Waals surface area (Å²) in [7, 11) is 0. The lowest BCUT2D eigenvalue weighted by atomic mass is 10.1. The van der Waals surface area contributed by atoms with Crippen molar-refractivity contribution in [2.45, 2.75) is 29.1 Å². The molecule has 0 amide bonds. The first-order chi connectivity index (χ1) is 10.2. The number of benzene rings is 2. The van der Waals surface area contributed by atoms with Crippen molar-refractivity contribution in [1.29, 1.82) is 0 Å².